The van der Waals surface area contributed by atoms with E-state index in [9.17, 15) is 0 Å². The molecule has 0 bridgehead atoms. The smallest absolute Gasteiger partial charge is 0.145 e. The van der Waals surface area contributed by atoms with Gasteiger partial charge < -0.3 is 9.30 Å². The molecular formula is C51H45N3O. The van der Waals surface area contributed by atoms with Crippen LogP contribution in [0.15, 0.2) is 140 Å². The number of hydrogen-bond acceptors (Lipinski definition) is 2. The summed E-state index contributed by atoms with van der Waals surface area (Å²) in [5, 5.41) is 5.99. The van der Waals surface area contributed by atoms with Gasteiger partial charge in [0.2, 0.25) is 0 Å². The van der Waals surface area contributed by atoms with Crippen LogP contribution in [0.3, 0.4) is 0 Å². The van der Waals surface area contributed by atoms with Gasteiger partial charge >= 0.3 is 0 Å². The van der Waals surface area contributed by atoms with Crippen LogP contribution < -0.4 is 4.74 Å². The average Bonchev–Trinajstić information content (AvgIpc) is 3.84. The summed E-state index contributed by atoms with van der Waals surface area (Å²) in [4.78, 5) is 5.31. The van der Waals surface area contributed by atoms with Crippen molar-refractivity contribution in [1.29, 1.82) is 0 Å². The van der Waals surface area contributed by atoms with Crippen LogP contribution in [0.25, 0.3) is 66.1 Å². The Morgan fingerprint density at radius 1 is 0.473 bits per heavy atom. The molecule has 4 heteroatoms. The summed E-state index contributed by atoms with van der Waals surface area (Å²) in [6.07, 6.45) is 15.3. The van der Waals surface area contributed by atoms with E-state index in [1.807, 2.05) is 0 Å². The van der Waals surface area contributed by atoms with Gasteiger partial charge in [0.15, 0.2) is 0 Å². The molecule has 2 saturated carbocycles. The Morgan fingerprint density at radius 2 is 1.05 bits per heavy atom. The number of ether oxygens (including phenoxy) is 1. The first-order chi connectivity index (χ1) is 27.3. The number of rotatable bonds is 6. The summed E-state index contributed by atoms with van der Waals surface area (Å²) in [6, 6.07) is 48.4. The first-order valence-electron chi connectivity index (χ1n) is 20.5. The molecule has 3 heterocycles. The maximum absolute atomic E-state index is 6.78. The predicted molar refractivity (Wildman–Crippen MR) is 228 cm³/mol. The van der Waals surface area contributed by atoms with Crippen LogP contribution in [-0.4, -0.2) is 14.0 Å². The number of aromatic nitrogens is 3. The van der Waals surface area contributed by atoms with Crippen LogP contribution >= 0.6 is 0 Å². The van der Waals surface area contributed by atoms with Crippen molar-refractivity contribution in [1.82, 2.24) is 14.0 Å². The molecule has 270 valence electrons. The van der Waals surface area contributed by atoms with Crippen molar-refractivity contribution >= 4 is 49.1 Å². The molecule has 4 nitrogen and oxygen atoms in total. The molecular weight excluding hydrogens is 671 g/mol. The number of fused-ring (bicyclic) bond motifs is 9. The number of benzene rings is 6. The lowest BCUT2D eigenvalue weighted by Crippen LogP contribution is -2.12. The fourth-order valence-electron chi connectivity index (χ4n) is 10.3. The molecule has 2 aliphatic carbocycles. The molecule has 0 aliphatic heterocycles. The Bertz CT molecular complexity index is 2830. The van der Waals surface area contributed by atoms with E-state index in [4.69, 9.17) is 9.72 Å². The quantitative estimate of drug-likeness (QED) is 0.161. The van der Waals surface area contributed by atoms with Gasteiger partial charge in [0.1, 0.15) is 17.1 Å². The molecule has 6 aromatic carbocycles. The minimum absolute atomic E-state index is 0.600. The Kier molecular flexibility index (Phi) is 7.96. The van der Waals surface area contributed by atoms with Gasteiger partial charge in [-0.05, 0) is 109 Å². The highest BCUT2D eigenvalue weighted by Crippen LogP contribution is 2.46. The van der Waals surface area contributed by atoms with Crippen LogP contribution in [-0.2, 0) is 0 Å². The molecule has 0 atom stereocenters. The third kappa shape index (κ3) is 5.45. The lowest BCUT2D eigenvalue weighted by molar-refractivity contribution is 0.436. The predicted octanol–water partition coefficient (Wildman–Crippen LogP) is 14.3. The molecule has 0 spiro atoms. The number of nitrogens with zero attached hydrogens (tertiary/aromatic N) is 3. The zero-order valence-electron chi connectivity index (χ0n) is 31.3. The Hall–Kier alpha value is -5.87. The van der Waals surface area contributed by atoms with Crippen molar-refractivity contribution in [3.63, 3.8) is 0 Å². The topological polar surface area (TPSA) is 31.5 Å². The van der Waals surface area contributed by atoms with E-state index in [0.29, 0.717) is 11.8 Å². The normalized spacial score (nSPS) is 15.9. The molecule has 2 aliphatic rings. The highest BCUT2D eigenvalue weighted by atomic mass is 16.5. The Labute approximate surface area is 322 Å². The van der Waals surface area contributed by atoms with Gasteiger partial charge in [-0.25, -0.2) is 4.98 Å². The van der Waals surface area contributed by atoms with Gasteiger partial charge in [0.25, 0.3) is 0 Å². The third-order valence-corrected chi connectivity index (χ3v) is 12.8. The van der Waals surface area contributed by atoms with E-state index < -0.39 is 0 Å². The van der Waals surface area contributed by atoms with Crippen molar-refractivity contribution in [3.8, 4) is 28.4 Å². The second kappa shape index (κ2) is 13.5. The zero-order valence-corrected chi connectivity index (χ0v) is 31.3. The molecule has 3 aromatic heterocycles. The molecule has 0 N–H and O–H groups in total. The van der Waals surface area contributed by atoms with Crippen LogP contribution in [0, 0.1) is 0 Å². The van der Waals surface area contributed by atoms with E-state index in [1.54, 1.807) is 0 Å². The standard InChI is InChI=1S/C51H45N3O/c1-4-15-34(16-5-1)39-23-14-24-40(35-17-6-2-7-18-35)50(39)49-33-52-51-45-31-37(27-29-41(45)42-21-10-13-26-47(42)54(49)51)55-38-28-30-44-43-22-11-12-25-46(43)53(48(44)32-38)36-19-8-3-9-20-36/h3,8-14,19-35H,1-2,4-7,15-18H2. The van der Waals surface area contributed by atoms with Gasteiger partial charge in [0, 0.05) is 38.9 Å². The van der Waals surface area contributed by atoms with Gasteiger partial charge in [-0.15, -0.1) is 0 Å². The third-order valence-electron chi connectivity index (χ3n) is 12.8. The lowest BCUT2D eigenvalue weighted by atomic mass is 9.76. The fraction of sp³-hybridized carbons (Fsp3) is 0.235. The molecule has 2 fully saturated rings. The summed E-state index contributed by atoms with van der Waals surface area (Å²) in [5.74, 6) is 2.82. The van der Waals surface area contributed by atoms with Crippen LogP contribution in [0.2, 0.25) is 0 Å². The van der Waals surface area contributed by atoms with E-state index in [1.165, 1.54) is 119 Å². The van der Waals surface area contributed by atoms with Crippen molar-refractivity contribution in [2.75, 3.05) is 0 Å². The summed E-state index contributed by atoms with van der Waals surface area (Å²) < 4.78 is 11.6. The molecule has 0 radical (unpaired) electrons. The second-order valence-corrected chi connectivity index (χ2v) is 16.0. The first-order valence-corrected chi connectivity index (χ1v) is 20.5. The summed E-state index contributed by atoms with van der Waals surface area (Å²) in [7, 11) is 0. The van der Waals surface area contributed by atoms with E-state index in [2.05, 4.69) is 149 Å². The van der Waals surface area contributed by atoms with Crippen molar-refractivity contribution in [2.24, 2.45) is 0 Å². The lowest BCUT2D eigenvalue weighted by Gasteiger charge is -2.29. The molecule has 0 amide bonds. The fourth-order valence-corrected chi connectivity index (χ4v) is 10.3. The number of para-hydroxylation sites is 3. The van der Waals surface area contributed by atoms with Gasteiger partial charge in [-0.3, -0.25) is 4.40 Å². The van der Waals surface area contributed by atoms with E-state index in [0.717, 1.165) is 33.7 Å². The minimum Gasteiger partial charge on any atom is -0.457 e. The second-order valence-electron chi connectivity index (χ2n) is 16.0. The highest BCUT2D eigenvalue weighted by Gasteiger charge is 2.28. The van der Waals surface area contributed by atoms with Crippen molar-refractivity contribution in [2.45, 2.75) is 76.0 Å². The number of imidazole rings is 1. The summed E-state index contributed by atoms with van der Waals surface area (Å²) >= 11 is 0. The maximum Gasteiger partial charge on any atom is 0.145 e. The van der Waals surface area contributed by atoms with Gasteiger partial charge in [0.05, 0.1) is 28.4 Å². The largest absolute Gasteiger partial charge is 0.457 e. The van der Waals surface area contributed by atoms with Crippen LogP contribution in [0.4, 0.5) is 0 Å². The van der Waals surface area contributed by atoms with Crippen molar-refractivity contribution in [3.05, 3.63) is 151 Å². The molecule has 9 aromatic rings. The maximum atomic E-state index is 6.78. The number of hydrogen-bond donors (Lipinski definition) is 0. The highest BCUT2D eigenvalue weighted by molar-refractivity contribution is 6.13. The van der Waals surface area contributed by atoms with Gasteiger partial charge in [-0.2, -0.15) is 0 Å². The molecule has 11 rings (SSSR count). The number of pyridine rings is 1. The van der Waals surface area contributed by atoms with E-state index in [-0.39, 0.29) is 0 Å². The molecule has 0 unspecified atom stereocenters. The Balaban J connectivity index is 1.08. The van der Waals surface area contributed by atoms with E-state index >= 15 is 0 Å². The van der Waals surface area contributed by atoms with Crippen LogP contribution in [0.1, 0.15) is 87.2 Å². The average molecular weight is 716 g/mol. The van der Waals surface area contributed by atoms with Crippen LogP contribution in [0.5, 0.6) is 11.5 Å². The first kappa shape index (κ1) is 32.6. The Morgan fingerprint density at radius 3 is 1.76 bits per heavy atom. The minimum atomic E-state index is 0.600. The van der Waals surface area contributed by atoms with Crippen molar-refractivity contribution < 1.29 is 4.74 Å². The summed E-state index contributed by atoms with van der Waals surface area (Å²) in [6.45, 7) is 0. The summed E-state index contributed by atoms with van der Waals surface area (Å²) in [5.41, 5.74) is 11.4. The monoisotopic (exact) mass is 715 g/mol. The zero-order chi connectivity index (χ0) is 36.3. The molecule has 0 saturated heterocycles. The molecule has 55 heavy (non-hydrogen) atoms. The van der Waals surface area contributed by atoms with Gasteiger partial charge in [-0.1, -0.05) is 111 Å². The SMILES string of the molecule is c1ccc(-n2c3ccccc3c3ccc(Oc4ccc5c6ccccc6n6c(-c7c(C8CCCCC8)cccc7C7CCCCC7)cnc6c5c4)cc32)cc1.